The fraction of sp³-hybridized carbons (Fsp3) is 0.500. The van der Waals surface area contributed by atoms with Gasteiger partial charge >= 0.3 is 6.18 Å². The highest BCUT2D eigenvalue weighted by molar-refractivity contribution is 6.30. The molecule has 2 nitrogen and oxygen atoms in total. The van der Waals surface area contributed by atoms with Gasteiger partial charge in [-0.3, -0.25) is 0 Å². The van der Waals surface area contributed by atoms with Crippen LogP contribution in [0.4, 0.5) is 13.2 Å². The van der Waals surface area contributed by atoms with Gasteiger partial charge in [-0.15, -0.1) is 0 Å². The lowest BCUT2D eigenvalue weighted by molar-refractivity contribution is -0.150. The molecule has 0 saturated heterocycles. The Morgan fingerprint density at radius 1 is 1.28 bits per heavy atom. The second-order valence-electron chi connectivity index (χ2n) is 4.07. The van der Waals surface area contributed by atoms with E-state index in [0.29, 0.717) is 5.02 Å². The second-order valence-corrected chi connectivity index (χ2v) is 4.50. The van der Waals surface area contributed by atoms with Gasteiger partial charge in [-0.25, -0.2) is 0 Å². The lowest BCUT2D eigenvalue weighted by atomic mass is 10.0. The number of nitrogens with two attached hydrogens (primary N) is 1. The van der Waals surface area contributed by atoms with Crippen molar-refractivity contribution in [2.45, 2.75) is 31.7 Å². The van der Waals surface area contributed by atoms with Gasteiger partial charge in [0.15, 0.2) is 0 Å². The molecule has 2 unspecified atom stereocenters. The van der Waals surface area contributed by atoms with Crippen molar-refractivity contribution in [1.82, 2.24) is 0 Å². The van der Waals surface area contributed by atoms with E-state index in [1.807, 2.05) is 0 Å². The highest BCUT2D eigenvalue weighted by Gasteiger charge is 2.28. The zero-order chi connectivity index (χ0) is 13.8. The summed E-state index contributed by atoms with van der Waals surface area (Å²) in [6.07, 6.45) is -5.77. The molecule has 0 aliphatic rings. The van der Waals surface area contributed by atoms with Crippen molar-refractivity contribution in [1.29, 1.82) is 0 Å². The van der Waals surface area contributed by atoms with Gasteiger partial charge < -0.3 is 10.5 Å². The quantitative estimate of drug-likeness (QED) is 0.893. The Hall–Kier alpha value is -0.780. The molecule has 0 heterocycles. The molecule has 0 aliphatic carbocycles. The number of benzene rings is 1. The van der Waals surface area contributed by atoms with Gasteiger partial charge in [0.25, 0.3) is 0 Å². The summed E-state index contributed by atoms with van der Waals surface area (Å²) in [6.45, 7) is 1.28. The third-order valence-electron chi connectivity index (χ3n) is 2.36. The van der Waals surface area contributed by atoms with Crippen molar-refractivity contribution >= 4 is 11.6 Å². The Morgan fingerprint density at radius 3 is 2.28 bits per heavy atom. The summed E-state index contributed by atoms with van der Waals surface area (Å²) in [5, 5.41) is 0.553. The molecule has 18 heavy (non-hydrogen) atoms. The molecular formula is C12H15ClF3NO. The predicted octanol–water partition coefficient (Wildman–Crippen LogP) is 3.70. The Labute approximate surface area is 109 Å². The number of hydrogen-bond acceptors (Lipinski definition) is 2. The highest BCUT2D eigenvalue weighted by Crippen LogP contribution is 2.25. The highest BCUT2D eigenvalue weighted by atomic mass is 35.5. The van der Waals surface area contributed by atoms with Crippen LogP contribution in [0, 0.1) is 0 Å². The van der Waals surface area contributed by atoms with Gasteiger partial charge in [-0.1, -0.05) is 23.7 Å². The van der Waals surface area contributed by atoms with Crippen LogP contribution in [0.15, 0.2) is 24.3 Å². The zero-order valence-electron chi connectivity index (χ0n) is 9.88. The summed E-state index contributed by atoms with van der Waals surface area (Å²) < 4.78 is 41.3. The maximum Gasteiger partial charge on any atom is 0.391 e. The zero-order valence-corrected chi connectivity index (χ0v) is 10.6. The first kappa shape index (κ1) is 15.3. The van der Waals surface area contributed by atoms with E-state index in [-0.39, 0.29) is 0 Å². The van der Waals surface area contributed by atoms with Gasteiger partial charge in [-0.05, 0) is 24.6 Å². The minimum absolute atomic E-state index is 0.403. The minimum atomic E-state index is -4.22. The summed E-state index contributed by atoms with van der Waals surface area (Å²) in [5.41, 5.74) is 6.44. The van der Waals surface area contributed by atoms with Crippen LogP contribution in [0.2, 0.25) is 5.02 Å². The second kappa shape index (κ2) is 6.41. The van der Waals surface area contributed by atoms with E-state index in [4.69, 9.17) is 22.1 Å². The smallest absolute Gasteiger partial charge is 0.372 e. The molecule has 0 radical (unpaired) electrons. The monoisotopic (exact) mass is 281 g/mol. The van der Waals surface area contributed by atoms with Crippen LogP contribution in [0.3, 0.4) is 0 Å². The standard InChI is InChI=1S/C12H15ClF3NO/c1-8(17)11(18-7-6-12(14,15)16)9-2-4-10(13)5-3-9/h2-5,8,11H,6-7,17H2,1H3. The first-order chi connectivity index (χ1) is 8.29. The maximum absolute atomic E-state index is 12.0. The van der Waals surface area contributed by atoms with Crippen LogP contribution < -0.4 is 5.73 Å². The number of halogens is 4. The van der Waals surface area contributed by atoms with Crippen LogP contribution in [0.5, 0.6) is 0 Å². The molecule has 0 spiro atoms. The van der Waals surface area contributed by atoms with Crippen LogP contribution in [0.25, 0.3) is 0 Å². The minimum Gasteiger partial charge on any atom is -0.372 e. The van der Waals surface area contributed by atoms with E-state index in [2.05, 4.69) is 0 Å². The summed E-state index contributed by atoms with van der Waals surface area (Å²) in [6, 6.07) is 6.30. The molecule has 0 saturated carbocycles. The first-order valence-corrected chi connectivity index (χ1v) is 5.87. The lowest BCUT2D eigenvalue weighted by Gasteiger charge is -2.22. The molecule has 1 aromatic carbocycles. The molecule has 1 aromatic rings. The Morgan fingerprint density at radius 2 is 1.83 bits per heavy atom. The van der Waals surface area contributed by atoms with Crippen molar-refractivity contribution in [2.24, 2.45) is 5.73 Å². The normalized spacial score (nSPS) is 15.4. The van der Waals surface area contributed by atoms with Crippen molar-refractivity contribution in [3.05, 3.63) is 34.9 Å². The largest absolute Gasteiger partial charge is 0.391 e. The molecule has 0 fully saturated rings. The van der Waals surface area contributed by atoms with E-state index in [1.54, 1.807) is 31.2 Å². The molecule has 0 aliphatic heterocycles. The molecule has 0 amide bonds. The molecule has 0 aromatic heterocycles. The summed E-state index contributed by atoms with van der Waals surface area (Å²) in [4.78, 5) is 0. The SMILES string of the molecule is CC(N)C(OCCC(F)(F)F)c1ccc(Cl)cc1. The van der Waals surface area contributed by atoms with E-state index >= 15 is 0 Å². The number of ether oxygens (including phenoxy) is 1. The average Bonchev–Trinajstić information content (AvgIpc) is 2.24. The summed E-state index contributed by atoms with van der Waals surface area (Å²) >= 11 is 5.74. The van der Waals surface area contributed by atoms with Crippen molar-refractivity contribution in [2.75, 3.05) is 6.61 Å². The van der Waals surface area contributed by atoms with Gasteiger partial charge in [0.1, 0.15) is 0 Å². The Bertz CT molecular complexity index is 365. The van der Waals surface area contributed by atoms with Gasteiger partial charge in [0.05, 0.1) is 19.1 Å². The number of rotatable bonds is 5. The molecule has 2 N–H and O–H groups in total. The predicted molar refractivity (Wildman–Crippen MR) is 64.5 cm³/mol. The third-order valence-corrected chi connectivity index (χ3v) is 2.61. The van der Waals surface area contributed by atoms with Gasteiger partial charge in [0.2, 0.25) is 0 Å². The number of alkyl halides is 3. The fourth-order valence-electron chi connectivity index (χ4n) is 1.51. The molecule has 0 bridgehead atoms. The summed E-state index contributed by atoms with van der Waals surface area (Å²) in [5.74, 6) is 0. The van der Waals surface area contributed by atoms with E-state index in [1.165, 1.54) is 0 Å². The lowest BCUT2D eigenvalue weighted by Crippen LogP contribution is -2.28. The molecule has 1 rings (SSSR count). The first-order valence-electron chi connectivity index (χ1n) is 5.49. The van der Waals surface area contributed by atoms with Crippen molar-refractivity contribution in [3.63, 3.8) is 0 Å². The Kier molecular flexibility index (Phi) is 5.44. The van der Waals surface area contributed by atoms with Crippen LogP contribution >= 0.6 is 11.6 Å². The molecule has 2 atom stereocenters. The van der Waals surface area contributed by atoms with Crippen molar-refractivity contribution < 1.29 is 17.9 Å². The molecule has 102 valence electrons. The molecular weight excluding hydrogens is 267 g/mol. The Balaban J connectivity index is 2.63. The third kappa shape index (κ3) is 5.25. The summed E-state index contributed by atoms with van der Waals surface area (Å²) in [7, 11) is 0. The fourth-order valence-corrected chi connectivity index (χ4v) is 1.63. The van der Waals surface area contributed by atoms with Crippen LogP contribution in [-0.4, -0.2) is 18.8 Å². The molecule has 6 heteroatoms. The average molecular weight is 282 g/mol. The van der Waals surface area contributed by atoms with Gasteiger partial charge in [0, 0.05) is 11.1 Å². The van der Waals surface area contributed by atoms with E-state index < -0.39 is 31.3 Å². The van der Waals surface area contributed by atoms with Crippen molar-refractivity contribution in [3.8, 4) is 0 Å². The topological polar surface area (TPSA) is 35.2 Å². The number of hydrogen-bond donors (Lipinski definition) is 1. The van der Waals surface area contributed by atoms with Crippen LogP contribution in [0.1, 0.15) is 25.0 Å². The van der Waals surface area contributed by atoms with E-state index in [0.717, 1.165) is 5.56 Å². The van der Waals surface area contributed by atoms with Gasteiger partial charge in [-0.2, -0.15) is 13.2 Å². The maximum atomic E-state index is 12.0. The van der Waals surface area contributed by atoms with E-state index in [9.17, 15) is 13.2 Å². The van der Waals surface area contributed by atoms with Crippen LogP contribution in [-0.2, 0) is 4.74 Å².